The molecule has 3 rings (SSSR count). The Balaban J connectivity index is 1.49. The van der Waals surface area contributed by atoms with Crippen LogP contribution in [0.15, 0.2) is 18.3 Å². The number of anilines is 1. The first-order chi connectivity index (χ1) is 11.3. The van der Waals surface area contributed by atoms with Crippen LogP contribution in [0.2, 0.25) is 0 Å². The molecule has 0 atom stereocenters. The van der Waals surface area contributed by atoms with Gasteiger partial charge in [0.1, 0.15) is 11.8 Å². The maximum atomic E-state index is 12.5. The van der Waals surface area contributed by atoms with Crippen molar-refractivity contribution >= 4 is 11.6 Å². The lowest BCUT2D eigenvalue weighted by Crippen LogP contribution is -2.49. The molecule has 0 bridgehead atoms. The van der Waals surface area contributed by atoms with Crippen molar-refractivity contribution in [2.75, 3.05) is 31.1 Å². The molecule has 1 aromatic heterocycles. The van der Waals surface area contributed by atoms with Gasteiger partial charge in [0.15, 0.2) is 0 Å². The van der Waals surface area contributed by atoms with Crippen LogP contribution >= 0.6 is 0 Å². The van der Waals surface area contributed by atoms with Gasteiger partial charge >= 0.3 is 0 Å². The number of hydrogen-bond acceptors (Lipinski definition) is 4. The van der Waals surface area contributed by atoms with Crippen LogP contribution in [0, 0.1) is 17.2 Å². The highest BCUT2D eigenvalue weighted by atomic mass is 16.2. The molecular formula is C18H24N4O. The molecule has 2 fully saturated rings. The van der Waals surface area contributed by atoms with E-state index in [0.717, 1.165) is 38.3 Å². The number of hydrogen-bond donors (Lipinski definition) is 0. The van der Waals surface area contributed by atoms with Crippen LogP contribution in [0.4, 0.5) is 5.69 Å². The summed E-state index contributed by atoms with van der Waals surface area (Å²) in [6, 6.07) is 5.72. The standard InChI is InChI=1S/C18H24N4O/c19-13-16-6-7-17(14-20-16)21-8-10-22(11-9-21)18(23)12-15-4-2-1-3-5-15/h6-7,14-15H,1-5,8-12H2. The van der Waals surface area contributed by atoms with Crippen LogP contribution < -0.4 is 4.90 Å². The lowest BCUT2D eigenvalue weighted by Gasteiger charge is -2.36. The van der Waals surface area contributed by atoms with Crippen molar-refractivity contribution in [1.29, 1.82) is 5.26 Å². The highest BCUT2D eigenvalue weighted by Gasteiger charge is 2.24. The van der Waals surface area contributed by atoms with Crippen molar-refractivity contribution in [2.45, 2.75) is 38.5 Å². The molecule has 0 spiro atoms. The molecule has 2 aliphatic rings. The van der Waals surface area contributed by atoms with E-state index in [0.29, 0.717) is 17.5 Å². The number of amides is 1. The fraction of sp³-hybridized carbons (Fsp3) is 0.611. The molecule has 0 radical (unpaired) electrons. The summed E-state index contributed by atoms with van der Waals surface area (Å²) in [7, 11) is 0. The van der Waals surface area contributed by atoms with E-state index in [1.807, 2.05) is 17.0 Å². The number of nitriles is 1. The summed E-state index contributed by atoms with van der Waals surface area (Å²) in [5, 5.41) is 8.80. The van der Waals surface area contributed by atoms with Crippen molar-refractivity contribution in [1.82, 2.24) is 9.88 Å². The topological polar surface area (TPSA) is 60.2 Å². The molecule has 0 N–H and O–H groups in total. The van der Waals surface area contributed by atoms with Crippen molar-refractivity contribution in [2.24, 2.45) is 5.92 Å². The summed E-state index contributed by atoms with van der Waals surface area (Å²) in [5.74, 6) is 0.937. The van der Waals surface area contributed by atoms with Gasteiger partial charge in [-0.25, -0.2) is 4.98 Å². The van der Waals surface area contributed by atoms with E-state index in [1.165, 1.54) is 32.1 Å². The highest BCUT2D eigenvalue weighted by Crippen LogP contribution is 2.27. The largest absolute Gasteiger partial charge is 0.367 e. The number of nitrogens with zero attached hydrogens (tertiary/aromatic N) is 4. The summed E-state index contributed by atoms with van der Waals surface area (Å²) in [5.41, 5.74) is 1.47. The number of aromatic nitrogens is 1. The van der Waals surface area contributed by atoms with Gasteiger partial charge in [0.2, 0.25) is 5.91 Å². The molecule has 23 heavy (non-hydrogen) atoms. The number of rotatable bonds is 3. The molecule has 1 saturated heterocycles. The molecule has 5 nitrogen and oxygen atoms in total. The Morgan fingerprint density at radius 3 is 2.52 bits per heavy atom. The summed E-state index contributed by atoms with van der Waals surface area (Å²) < 4.78 is 0. The van der Waals surface area contributed by atoms with E-state index in [1.54, 1.807) is 12.3 Å². The Morgan fingerprint density at radius 2 is 1.91 bits per heavy atom. The van der Waals surface area contributed by atoms with Gasteiger partial charge < -0.3 is 9.80 Å². The lowest BCUT2D eigenvalue weighted by molar-refractivity contribution is -0.132. The van der Waals surface area contributed by atoms with Crippen LogP contribution in [-0.2, 0) is 4.79 Å². The molecule has 1 aromatic rings. The minimum atomic E-state index is 0.328. The summed E-state index contributed by atoms with van der Waals surface area (Å²) in [6.45, 7) is 3.24. The monoisotopic (exact) mass is 312 g/mol. The second-order valence-corrected chi connectivity index (χ2v) is 6.59. The molecule has 0 aromatic carbocycles. The van der Waals surface area contributed by atoms with Crippen LogP contribution in [0.25, 0.3) is 0 Å². The second-order valence-electron chi connectivity index (χ2n) is 6.59. The Bertz CT molecular complexity index is 564. The van der Waals surface area contributed by atoms with Crippen LogP contribution in [0.1, 0.15) is 44.2 Å². The fourth-order valence-electron chi connectivity index (χ4n) is 3.62. The molecule has 0 unspecified atom stereocenters. The molecular weight excluding hydrogens is 288 g/mol. The van der Waals surface area contributed by atoms with Gasteiger partial charge in [-0.2, -0.15) is 5.26 Å². The van der Waals surface area contributed by atoms with Crippen molar-refractivity contribution < 1.29 is 4.79 Å². The van der Waals surface area contributed by atoms with Crippen molar-refractivity contribution in [3.8, 4) is 6.07 Å². The van der Waals surface area contributed by atoms with Gasteiger partial charge in [0.05, 0.1) is 11.9 Å². The van der Waals surface area contributed by atoms with E-state index in [-0.39, 0.29) is 0 Å². The third-order valence-electron chi connectivity index (χ3n) is 5.05. The average Bonchev–Trinajstić information content (AvgIpc) is 2.63. The predicted molar refractivity (Wildman–Crippen MR) is 88.9 cm³/mol. The highest BCUT2D eigenvalue weighted by molar-refractivity contribution is 5.76. The van der Waals surface area contributed by atoms with Crippen LogP contribution in [0.3, 0.4) is 0 Å². The maximum absolute atomic E-state index is 12.5. The first-order valence-corrected chi connectivity index (χ1v) is 8.65. The molecule has 2 heterocycles. The molecule has 1 saturated carbocycles. The number of piperazine rings is 1. The minimum Gasteiger partial charge on any atom is -0.367 e. The molecule has 1 aliphatic heterocycles. The Morgan fingerprint density at radius 1 is 1.17 bits per heavy atom. The third kappa shape index (κ3) is 4.01. The molecule has 122 valence electrons. The summed E-state index contributed by atoms with van der Waals surface area (Å²) >= 11 is 0. The molecule has 5 heteroatoms. The second kappa shape index (κ2) is 7.45. The minimum absolute atomic E-state index is 0.328. The smallest absolute Gasteiger partial charge is 0.222 e. The molecule has 1 amide bonds. The van der Waals surface area contributed by atoms with E-state index >= 15 is 0 Å². The van der Waals surface area contributed by atoms with Gasteiger partial charge in [0.25, 0.3) is 0 Å². The maximum Gasteiger partial charge on any atom is 0.222 e. The van der Waals surface area contributed by atoms with Crippen molar-refractivity contribution in [3.05, 3.63) is 24.0 Å². The zero-order valence-corrected chi connectivity index (χ0v) is 13.6. The van der Waals surface area contributed by atoms with Crippen LogP contribution in [-0.4, -0.2) is 42.0 Å². The van der Waals surface area contributed by atoms with Gasteiger partial charge in [-0.1, -0.05) is 19.3 Å². The fourth-order valence-corrected chi connectivity index (χ4v) is 3.62. The van der Waals surface area contributed by atoms with E-state index < -0.39 is 0 Å². The van der Waals surface area contributed by atoms with Crippen molar-refractivity contribution in [3.63, 3.8) is 0 Å². The average molecular weight is 312 g/mol. The number of pyridine rings is 1. The third-order valence-corrected chi connectivity index (χ3v) is 5.05. The van der Waals surface area contributed by atoms with E-state index in [2.05, 4.69) is 9.88 Å². The summed E-state index contributed by atoms with van der Waals surface area (Å²) in [4.78, 5) is 20.8. The Labute approximate surface area is 137 Å². The Hall–Kier alpha value is -2.09. The van der Waals surface area contributed by atoms with E-state index in [4.69, 9.17) is 5.26 Å². The SMILES string of the molecule is N#Cc1ccc(N2CCN(C(=O)CC3CCCCC3)CC2)cn1. The van der Waals surface area contributed by atoms with Gasteiger partial charge in [0, 0.05) is 32.6 Å². The number of carbonyl (C=O) groups excluding carboxylic acids is 1. The summed E-state index contributed by atoms with van der Waals surface area (Å²) in [6.07, 6.45) is 8.85. The first kappa shape index (κ1) is 15.8. The van der Waals surface area contributed by atoms with Gasteiger partial charge in [-0.05, 0) is 30.9 Å². The van der Waals surface area contributed by atoms with Gasteiger partial charge in [-0.3, -0.25) is 4.79 Å². The Kier molecular flexibility index (Phi) is 5.12. The molecule has 1 aliphatic carbocycles. The zero-order valence-electron chi connectivity index (χ0n) is 13.6. The zero-order chi connectivity index (χ0) is 16.1. The van der Waals surface area contributed by atoms with E-state index in [9.17, 15) is 4.79 Å². The predicted octanol–water partition coefficient (Wildman–Crippen LogP) is 2.57. The quantitative estimate of drug-likeness (QED) is 0.860. The van der Waals surface area contributed by atoms with Crippen LogP contribution in [0.5, 0.6) is 0 Å². The first-order valence-electron chi connectivity index (χ1n) is 8.65. The van der Waals surface area contributed by atoms with Gasteiger partial charge in [-0.15, -0.1) is 0 Å². The normalized spacial score (nSPS) is 19.4. The lowest BCUT2D eigenvalue weighted by atomic mass is 9.86. The number of carbonyl (C=O) groups is 1.